The fraction of sp³-hybridized carbons (Fsp3) is 0.649. The number of nitrogens with zero attached hydrogens (tertiary/aromatic N) is 2. The second-order valence-corrected chi connectivity index (χ2v) is 16.9. The van der Waals surface area contributed by atoms with Crippen LogP contribution in [0.2, 0.25) is 0 Å². The lowest BCUT2D eigenvalue weighted by molar-refractivity contribution is -0.152. The SMILES string of the molecule is CC[C@H]1C[C@]1(NC(=O)[C@@H]1C[C@@H]2CN1C(=O)[C@H](C1CCCCC1)CC(=O)OCCCCc1ccc3ccnc(c3c1)O2)C(=O)NS(=O)(=O)C1CC1. The number of cyclic esters (lactones) is 1. The fourth-order valence-electron chi connectivity index (χ4n) is 8.33. The van der Waals surface area contributed by atoms with Gasteiger partial charge in [0.2, 0.25) is 27.7 Å². The van der Waals surface area contributed by atoms with Crippen molar-refractivity contribution in [2.45, 2.75) is 120 Å². The van der Waals surface area contributed by atoms with Crippen LogP contribution in [0.15, 0.2) is 30.5 Å². The molecule has 1 aromatic heterocycles. The molecule has 3 saturated carbocycles. The third kappa shape index (κ3) is 7.20. The van der Waals surface area contributed by atoms with Crippen LogP contribution < -0.4 is 14.8 Å². The van der Waals surface area contributed by atoms with Crippen LogP contribution in [0.5, 0.6) is 5.88 Å². The summed E-state index contributed by atoms with van der Waals surface area (Å²) in [5.74, 6) is -2.48. The average Bonchev–Trinajstić information content (AvgIpc) is 4.04. The van der Waals surface area contributed by atoms with E-state index in [2.05, 4.69) is 27.2 Å². The second kappa shape index (κ2) is 14.1. The van der Waals surface area contributed by atoms with E-state index in [1.807, 2.05) is 19.1 Å². The van der Waals surface area contributed by atoms with Gasteiger partial charge in [-0.3, -0.25) is 23.9 Å². The highest BCUT2D eigenvalue weighted by atomic mass is 32.2. The van der Waals surface area contributed by atoms with Crippen molar-refractivity contribution in [3.8, 4) is 5.88 Å². The van der Waals surface area contributed by atoms with Gasteiger partial charge in [-0.2, -0.15) is 0 Å². The molecule has 4 bridgehead atoms. The highest BCUT2D eigenvalue weighted by molar-refractivity contribution is 7.91. The van der Waals surface area contributed by atoms with E-state index in [0.29, 0.717) is 38.0 Å². The summed E-state index contributed by atoms with van der Waals surface area (Å²) in [6.07, 6.45) is 9.99. The first-order valence-corrected chi connectivity index (χ1v) is 20.0. The minimum absolute atomic E-state index is 0.0240. The molecule has 7 rings (SSSR count). The maximum absolute atomic E-state index is 14.7. The second-order valence-electron chi connectivity index (χ2n) is 15.0. The molecule has 13 heteroatoms. The third-order valence-electron chi connectivity index (χ3n) is 11.5. The number of benzene rings is 1. The first-order valence-electron chi connectivity index (χ1n) is 18.5. The minimum Gasteiger partial charge on any atom is -0.472 e. The smallest absolute Gasteiger partial charge is 0.306 e. The minimum atomic E-state index is -3.83. The van der Waals surface area contributed by atoms with E-state index in [0.717, 1.165) is 61.3 Å². The van der Waals surface area contributed by atoms with Crippen LogP contribution in [0.1, 0.15) is 96.0 Å². The van der Waals surface area contributed by atoms with Crippen LogP contribution in [0, 0.1) is 17.8 Å². The zero-order chi connectivity index (χ0) is 35.0. The highest BCUT2D eigenvalue weighted by Gasteiger charge is 2.62. The van der Waals surface area contributed by atoms with E-state index in [9.17, 15) is 27.6 Å². The van der Waals surface area contributed by atoms with Gasteiger partial charge < -0.3 is 19.7 Å². The molecule has 50 heavy (non-hydrogen) atoms. The molecular weight excluding hydrogens is 660 g/mol. The van der Waals surface area contributed by atoms with E-state index in [4.69, 9.17) is 9.47 Å². The Kier molecular flexibility index (Phi) is 9.79. The van der Waals surface area contributed by atoms with Crippen molar-refractivity contribution in [1.29, 1.82) is 0 Å². The Morgan fingerprint density at radius 1 is 1.04 bits per heavy atom. The van der Waals surface area contributed by atoms with Gasteiger partial charge in [0.05, 0.1) is 30.7 Å². The van der Waals surface area contributed by atoms with Gasteiger partial charge in [-0.25, -0.2) is 13.4 Å². The molecule has 0 radical (unpaired) electrons. The summed E-state index contributed by atoms with van der Waals surface area (Å²) in [6.45, 7) is 2.26. The van der Waals surface area contributed by atoms with E-state index in [1.54, 1.807) is 6.20 Å². The molecule has 4 fully saturated rings. The maximum atomic E-state index is 14.7. The summed E-state index contributed by atoms with van der Waals surface area (Å²) in [4.78, 5) is 61.8. The summed E-state index contributed by atoms with van der Waals surface area (Å²) >= 11 is 0. The molecule has 270 valence electrons. The number of fused-ring (bicyclic) bond motifs is 3. The zero-order valence-electron chi connectivity index (χ0n) is 28.7. The number of aromatic nitrogens is 1. The van der Waals surface area contributed by atoms with Gasteiger partial charge in [-0.1, -0.05) is 44.7 Å². The topological polar surface area (TPSA) is 161 Å². The Bertz CT molecular complexity index is 1760. The van der Waals surface area contributed by atoms with Crippen LogP contribution >= 0.6 is 0 Å². The van der Waals surface area contributed by atoms with Crippen molar-refractivity contribution < 1.29 is 37.1 Å². The fourth-order valence-corrected chi connectivity index (χ4v) is 9.69. The molecule has 5 aliphatic rings. The number of hydrogen-bond acceptors (Lipinski definition) is 9. The molecule has 2 N–H and O–H groups in total. The van der Waals surface area contributed by atoms with E-state index >= 15 is 0 Å². The van der Waals surface area contributed by atoms with Crippen LogP contribution in [0.4, 0.5) is 0 Å². The number of pyridine rings is 1. The average molecular weight is 709 g/mol. The number of hydrogen-bond donors (Lipinski definition) is 2. The lowest BCUT2D eigenvalue weighted by atomic mass is 9.77. The molecule has 3 heterocycles. The van der Waals surface area contributed by atoms with Gasteiger partial charge in [0.15, 0.2) is 0 Å². The van der Waals surface area contributed by atoms with Crippen molar-refractivity contribution in [3.63, 3.8) is 0 Å². The number of aryl methyl sites for hydroxylation is 1. The van der Waals surface area contributed by atoms with Crippen molar-refractivity contribution >= 4 is 44.5 Å². The maximum Gasteiger partial charge on any atom is 0.306 e. The number of esters is 1. The molecule has 5 atom stereocenters. The Hall–Kier alpha value is -3.74. The zero-order valence-corrected chi connectivity index (χ0v) is 29.5. The first kappa shape index (κ1) is 34.7. The lowest BCUT2D eigenvalue weighted by Crippen LogP contribution is -2.57. The van der Waals surface area contributed by atoms with Gasteiger partial charge in [-0.05, 0) is 86.3 Å². The number of nitrogens with one attached hydrogen (secondary N) is 2. The number of amides is 3. The van der Waals surface area contributed by atoms with Crippen LogP contribution in [-0.4, -0.2) is 78.1 Å². The van der Waals surface area contributed by atoms with Gasteiger partial charge in [0, 0.05) is 18.0 Å². The molecule has 1 aromatic carbocycles. The molecule has 0 unspecified atom stereocenters. The molecule has 2 aromatic rings. The third-order valence-corrected chi connectivity index (χ3v) is 13.3. The monoisotopic (exact) mass is 708 g/mol. The van der Waals surface area contributed by atoms with Crippen molar-refractivity contribution in [1.82, 2.24) is 19.9 Å². The Balaban J connectivity index is 1.20. The number of ether oxygens (including phenoxy) is 2. The summed E-state index contributed by atoms with van der Waals surface area (Å²) in [5, 5.41) is 4.12. The molecule has 2 aliphatic heterocycles. The van der Waals surface area contributed by atoms with E-state index in [-0.39, 0.29) is 43.7 Å². The quantitative estimate of drug-likeness (QED) is 0.406. The van der Waals surface area contributed by atoms with Crippen LogP contribution in [-0.2, 0) is 40.4 Å². The molecule has 3 aliphatic carbocycles. The number of sulfonamides is 1. The number of carbonyl (C=O) groups excluding carboxylic acids is 4. The van der Waals surface area contributed by atoms with Gasteiger partial charge >= 0.3 is 5.97 Å². The summed E-state index contributed by atoms with van der Waals surface area (Å²) in [7, 11) is -3.83. The molecule has 3 amide bonds. The molecular formula is C37H48N4O8S. The predicted octanol–water partition coefficient (Wildman–Crippen LogP) is 3.94. The number of rotatable bonds is 7. The van der Waals surface area contributed by atoms with Gasteiger partial charge in [0.1, 0.15) is 17.7 Å². The Labute approximate surface area is 293 Å². The lowest BCUT2D eigenvalue weighted by Gasteiger charge is -2.34. The van der Waals surface area contributed by atoms with Gasteiger partial charge in [0.25, 0.3) is 5.91 Å². The van der Waals surface area contributed by atoms with Crippen LogP contribution in [0.3, 0.4) is 0 Å². The summed E-state index contributed by atoms with van der Waals surface area (Å²) < 4.78 is 39.8. The largest absolute Gasteiger partial charge is 0.472 e. The Morgan fingerprint density at radius 3 is 2.58 bits per heavy atom. The summed E-state index contributed by atoms with van der Waals surface area (Å²) in [5.41, 5.74) is -0.277. The van der Waals surface area contributed by atoms with Crippen molar-refractivity contribution in [2.24, 2.45) is 17.8 Å². The molecule has 1 saturated heterocycles. The van der Waals surface area contributed by atoms with E-state index in [1.165, 1.54) is 4.90 Å². The summed E-state index contributed by atoms with van der Waals surface area (Å²) in [6, 6.07) is 7.06. The molecule has 12 nitrogen and oxygen atoms in total. The number of carbonyl (C=O) groups is 4. The standard InChI is InChI=1S/C37H48N4O8S/c1-2-26-21-37(26,36(45)40-50(46,47)28-13-14-28)39-33(43)31-19-27-22-41(31)35(44)30(24-9-4-3-5-10-24)20-32(42)48-17-7-6-8-23-11-12-25-15-16-38-34(49-27)29(25)18-23/h11-12,15-16,18,24,26-28,30-31H,2-10,13-14,17,19-22H2,1H3,(H,39,43)(H,40,45)/t26-,27+,30-,31-,37+/m0/s1. The highest BCUT2D eigenvalue weighted by Crippen LogP contribution is 2.47. The van der Waals surface area contributed by atoms with Crippen molar-refractivity contribution in [3.05, 3.63) is 36.0 Å². The predicted molar refractivity (Wildman–Crippen MR) is 184 cm³/mol. The normalized spacial score (nSPS) is 29.6. The first-order chi connectivity index (χ1) is 24.1. The van der Waals surface area contributed by atoms with Crippen molar-refractivity contribution in [2.75, 3.05) is 13.2 Å². The van der Waals surface area contributed by atoms with Crippen LogP contribution in [0.25, 0.3) is 10.8 Å². The van der Waals surface area contributed by atoms with E-state index < -0.39 is 56.7 Å². The van der Waals surface area contributed by atoms with Gasteiger partial charge in [-0.15, -0.1) is 0 Å². The Morgan fingerprint density at radius 2 is 1.84 bits per heavy atom. The molecule has 0 spiro atoms.